The fourth-order valence-electron chi connectivity index (χ4n) is 5.05. The molecule has 0 bridgehead atoms. The van der Waals surface area contributed by atoms with Gasteiger partial charge in [-0.25, -0.2) is 9.48 Å². The van der Waals surface area contributed by atoms with Crippen molar-refractivity contribution >= 4 is 28.9 Å². The molecule has 1 aliphatic heterocycles. The lowest BCUT2D eigenvalue weighted by Gasteiger charge is -2.41. The summed E-state index contributed by atoms with van der Waals surface area (Å²) in [6.45, 7) is 0.743. The van der Waals surface area contributed by atoms with E-state index in [0.29, 0.717) is 12.8 Å². The van der Waals surface area contributed by atoms with Gasteiger partial charge in [-0.3, -0.25) is 9.59 Å². The monoisotopic (exact) mass is 569 g/mol. The zero-order chi connectivity index (χ0) is 29.5. The Labute approximate surface area is 244 Å². The second-order valence-electron chi connectivity index (χ2n) is 10.4. The van der Waals surface area contributed by atoms with Gasteiger partial charge in [-0.1, -0.05) is 71.9 Å². The molecule has 2 heterocycles. The zero-order valence-electron chi connectivity index (χ0n) is 23.6. The number of ether oxygens (including phenoxy) is 1. The summed E-state index contributed by atoms with van der Waals surface area (Å²) in [7, 11) is 1.81. The van der Waals surface area contributed by atoms with Gasteiger partial charge in [-0.15, -0.1) is 5.10 Å². The van der Waals surface area contributed by atoms with Gasteiger partial charge in [0.1, 0.15) is 18.2 Å². The van der Waals surface area contributed by atoms with Gasteiger partial charge in [-0.2, -0.15) is 0 Å². The molecular weight excluding hydrogens is 534 g/mol. The van der Waals surface area contributed by atoms with Crippen LogP contribution in [0.4, 0.5) is 4.79 Å². The van der Waals surface area contributed by atoms with E-state index >= 15 is 0 Å². The summed E-state index contributed by atoms with van der Waals surface area (Å²) in [5.41, 5.74) is 10.7. The van der Waals surface area contributed by atoms with Crippen molar-refractivity contribution in [2.24, 2.45) is 12.8 Å². The number of nitrogens with one attached hydrogen (secondary N) is 1. The summed E-state index contributed by atoms with van der Waals surface area (Å²) in [5.74, 6) is -0.692. The molecule has 2 atom stereocenters. The van der Waals surface area contributed by atoms with E-state index < -0.39 is 18.2 Å². The molecule has 4 aromatic rings. The fourth-order valence-corrected chi connectivity index (χ4v) is 5.05. The maximum atomic E-state index is 13.5. The highest BCUT2D eigenvalue weighted by Crippen LogP contribution is 2.17. The summed E-state index contributed by atoms with van der Waals surface area (Å²) in [6, 6.07) is 23.1. The SMILES string of the molecule is Cn1nnc2cc(CNC(=O)C3CN(C(=O)OCc4ccccc4)CCN3C(=O)C(N)CCc3ccccc3)ccc21. The normalized spacial score (nSPS) is 15.8. The molecule has 1 aliphatic rings. The van der Waals surface area contributed by atoms with Crippen LogP contribution < -0.4 is 11.1 Å². The molecule has 0 radical (unpaired) electrons. The Balaban J connectivity index is 1.26. The minimum Gasteiger partial charge on any atom is -0.445 e. The zero-order valence-corrected chi connectivity index (χ0v) is 23.6. The first kappa shape index (κ1) is 28.7. The van der Waals surface area contributed by atoms with Crippen molar-refractivity contribution < 1.29 is 19.1 Å². The van der Waals surface area contributed by atoms with E-state index in [1.54, 1.807) is 4.68 Å². The molecule has 0 aliphatic carbocycles. The third-order valence-electron chi connectivity index (χ3n) is 7.48. The molecule has 3 aromatic carbocycles. The van der Waals surface area contributed by atoms with Crippen LogP contribution in [0.15, 0.2) is 78.9 Å². The van der Waals surface area contributed by atoms with E-state index in [2.05, 4.69) is 15.6 Å². The molecule has 11 nitrogen and oxygen atoms in total. The number of fused-ring (bicyclic) bond motifs is 1. The molecule has 42 heavy (non-hydrogen) atoms. The Morgan fingerprint density at radius 1 is 0.976 bits per heavy atom. The van der Waals surface area contributed by atoms with Crippen LogP contribution >= 0.6 is 0 Å². The predicted molar refractivity (Wildman–Crippen MR) is 157 cm³/mol. The first-order valence-corrected chi connectivity index (χ1v) is 14.0. The molecule has 1 aromatic heterocycles. The highest BCUT2D eigenvalue weighted by atomic mass is 16.6. The molecule has 1 saturated heterocycles. The number of carbonyl (C=O) groups excluding carboxylic acids is 3. The third kappa shape index (κ3) is 6.92. The van der Waals surface area contributed by atoms with Crippen molar-refractivity contribution in [3.8, 4) is 0 Å². The number of hydrogen-bond donors (Lipinski definition) is 2. The molecule has 0 spiro atoms. The van der Waals surface area contributed by atoms with Gasteiger partial charge in [0.15, 0.2) is 0 Å². The number of carbonyl (C=O) groups is 3. The first-order valence-electron chi connectivity index (χ1n) is 14.0. The van der Waals surface area contributed by atoms with Crippen molar-refractivity contribution in [3.63, 3.8) is 0 Å². The molecule has 3 amide bonds. The molecule has 5 rings (SSSR count). The number of benzene rings is 3. The summed E-state index contributed by atoms with van der Waals surface area (Å²) in [5, 5.41) is 11.1. The standard InChI is InChI=1S/C31H35N7O4/c1-36-27-15-13-24(18-26(27)34-35-36)19-33-29(39)28-20-37(31(41)42-21-23-10-6-3-7-11-23)16-17-38(28)30(40)25(32)14-12-22-8-4-2-5-9-22/h2-11,13,15,18,25,28H,12,14,16-17,19-21,32H2,1H3,(H,33,39). The number of aromatic nitrogens is 3. The smallest absolute Gasteiger partial charge is 0.410 e. The fraction of sp³-hybridized carbons (Fsp3) is 0.323. The average Bonchev–Trinajstić information content (AvgIpc) is 3.41. The number of rotatable bonds is 9. The lowest BCUT2D eigenvalue weighted by atomic mass is 10.0. The van der Waals surface area contributed by atoms with Crippen LogP contribution in [0, 0.1) is 0 Å². The maximum Gasteiger partial charge on any atom is 0.410 e. The van der Waals surface area contributed by atoms with Gasteiger partial charge in [-0.05, 0) is 41.7 Å². The van der Waals surface area contributed by atoms with Gasteiger partial charge in [0.05, 0.1) is 18.1 Å². The third-order valence-corrected chi connectivity index (χ3v) is 7.48. The van der Waals surface area contributed by atoms with Gasteiger partial charge < -0.3 is 25.6 Å². The van der Waals surface area contributed by atoms with E-state index in [9.17, 15) is 14.4 Å². The largest absolute Gasteiger partial charge is 0.445 e. The topological polar surface area (TPSA) is 136 Å². The van der Waals surface area contributed by atoms with Gasteiger partial charge in [0.25, 0.3) is 0 Å². The summed E-state index contributed by atoms with van der Waals surface area (Å²) >= 11 is 0. The van der Waals surface area contributed by atoms with E-state index in [1.165, 1.54) is 9.80 Å². The Bertz CT molecular complexity index is 1530. The molecule has 2 unspecified atom stereocenters. The summed E-state index contributed by atoms with van der Waals surface area (Å²) in [6.07, 6.45) is 0.542. The van der Waals surface area contributed by atoms with Crippen LogP contribution in [0.1, 0.15) is 23.1 Å². The lowest BCUT2D eigenvalue weighted by molar-refractivity contribution is -0.144. The highest BCUT2D eigenvalue weighted by Gasteiger charge is 2.39. The summed E-state index contributed by atoms with van der Waals surface area (Å²) in [4.78, 5) is 43.0. The molecular formula is C31H35N7O4. The Morgan fingerprint density at radius 3 is 2.43 bits per heavy atom. The van der Waals surface area contributed by atoms with Crippen LogP contribution in [0.2, 0.25) is 0 Å². The van der Waals surface area contributed by atoms with Gasteiger partial charge in [0.2, 0.25) is 11.8 Å². The molecule has 11 heteroatoms. The number of hydrogen-bond acceptors (Lipinski definition) is 7. The van der Waals surface area contributed by atoms with Crippen LogP contribution in [-0.4, -0.2) is 74.4 Å². The summed E-state index contributed by atoms with van der Waals surface area (Å²) < 4.78 is 7.19. The first-order chi connectivity index (χ1) is 20.4. The van der Waals surface area contributed by atoms with E-state index in [4.69, 9.17) is 10.5 Å². The average molecular weight is 570 g/mol. The number of piperazine rings is 1. The van der Waals surface area contributed by atoms with Crippen LogP contribution in [-0.2, 0) is 40.9 Å². The van der Waals surface area contributed by atoms with Crippen LogP contribution in [0.25, 0.3) is 11.0 Å². The number of aryl methyl sites for hydroxylation is 2. The van der Waals surface area contributed by atoms with Crippen LogP contribution in [0.3, 0.4) is 0 Å². The van der Waals surface area contributed by atoms with Crippen LogP contribution in [0.5, 0.6) is 0 Å². The van der Waals surface area contributed by atoms with Gasteiger partial charge >= 0.3 is 6.09 Å². The molecule has 218 valence electrons. The van der Waals surface area contributed by atoms with Gasteiger partial charge in [0, 0.05) is 26.7 Å². The van der Waals surface area contributed by atoms with E-state index in [1.807, 2.05) is 85.9 Å². The Morgan fingerprint density at radius 2 is 1.69 bits per heavy atom. The van der Waals surface area contributed by atoms with E-state index in [-0.39, 0.29) is 44.6 Å². The molecule has 0 saturated carbocycles. The highest BCUT2D eigenvalue weighted by molar-refractivity contribution is 5.90. The minimum atomic E-state index is -0.918. The quantitative estimate of drug-likeness (QED) is 0.316. The Kier molecular flexibility index (Phi) is 9.08. The lowest BCUT2D eigenvalue weighted by Crippen LogP contribution is -2.63. The predicted octanol–water partition coefficient (Wildman–Crippen LogP) is 2.39. The number of nitrogens with zero attached hydrogens (tertiary/aromatic N) is 5. The second-order valence-corrected chi connectivity index (χ2v) is 10.4. The molecule has 3 N–H and O–H groups in total. The van der Waals surface area contributed by atoms with Crippen molar-refractivity contribution in [1.29, 1.82) is 0 Å². The number of nitrogens with two attached hydrogens (primary N) is 1. The van der Waals surface area contributed by atoms with Crippen molar-refractivity contribution in [2.75, 3.05) is 19.6 Å². The minimum absolute atomic E-state index is 0.000201. The van der Waals surface area contributed by atoms with Crippen molar-refractivity contribution in [1.82, 2.24) is 30.1 Å². The Hall–Kier alpha value is -4.77. The number of amides is 3. The maximum absolute atomic E-state index is 13.5. The van der Waals surface area contributed by atoms with E-state index in [0.717, 1.165) is 27.7 Å². The van der Waals surface area contributed by atoms with Crippen molar-refractivity contribution in [3.05, 3.63) is 95.6 Å². The second kappa shape index (κ2) is 13.3. The molecule has 1 fully saturated rings. The van der Waals surface area contributed by atoms with Crippen molar-refractivity contribution in [2.45, 2.75) is 38.1 Å².